The predicted molar refractivity (Wildman–Crippen MR) is 76.2 cm³/mol. The van der Waals surface area contributed by atoms with Crippen molar-refractivity contribution in [3.8, 4) is 11.1 Å². The zero-order chi connectivity index (χ0) is 13.3. The molecule has 2 rings (SSSR count). The minimum Gasteiger partial charge on any atom is -0.255 e. The third kappa shape index (κ3) is 2.49. The second-order valence-corrected chi connectivity index (χ2v) is 5.93. The van der Waals surface area contributed by atoms with Gasteiger partial charge in [-0.05, 0) is 36.2 Å². The van der Waals surface area contributed by atoms with Crippen molar-refractivity contribution >= 4 is 23.4 Å². The SMILES string of the molecule is Cc1ccc(S(C)=O)cc1-c1cccc(S)c1F. The van der Waals surface area contributed by atoms with Gasteiger partial charge in [0.05, 0.1) is 0 Å². The fourth-order valence-corrected chi connectivity index (χ4v) is 2.55. The van der Waals surface area contributed by atoms with E-state index in [9.17, 15) is 8.60 Å². The van der Waals surface area contributed by atoms with Crippen LogP contribution < -0.4 is 0 Å². The highest BCUT2D eigenvalue weighted by molar-refractivity contribution is 7.84. The molecule has 0 aliphatic heterocycles. The van der Waals surface area contributed by atoms with Crippen molar-refractivity contribution in [3.05, 3.63) is 47.8 Å². The summed E-state index contributed by atoms with van der Waals surface area (Å²) in [5.41, 5.74) is 2.20. The Balaban J connectivity index is 2.66. The molecule has 0 fully saturated rings. The van der Waals surface area contributed by atoms with Crippen molar-refractivity contribution in [2.45, 2.75) is 16.7 Å². The van der Waals surface area contributed by atoms with Gasteiger partial charge in [-0.1, -0.05) is 18.2 Å². The number of hydrogen-bond acceptors (Lipinski definition) is 2. The van der Waals surface area contributed by atoms with Crippen LogP contribution in [0.15, 0.2) is 46.2 Å². The molecular weight excluding hydrogens is 267 g/mol. The van der Waals surface area contributed by atoms with Crippen molar-refractivity contribution < 1.29 is 8.60 Å². The van der Waals surface area contributed by atoms with E-state index < -0.39 is 10.8 Å². The molecule has 1 nitrogen and oxygen atoms in total. The maximum Gasteiger partial charge on any atom is 0.144 e. The second-order valence-electron chi connectivity index (χ2n) is 4.07. The van der Waals surface area contributed by atoms with Crippen LogP contribution in [0.25, 0.3) is 11.1 Å². The Morgan fingerprint density at radius 1 is 1.17 bits per heavy atom. The summed E-state index contributed by atoms with van der Waals surface area (Å²) in [6.45, 7) is 1.91. The summed E-state index contributed by atoms with van der Waals surface area (Å²) in [7, 11) is -1.07. The number of halogens is 1. The minimum absolute atomic E-state index is 0.315. The van der Waals surface area contributed by atoms with Crippen molar-refractivity contribution in [2.75, 3.05) is 6.26 Å². The number of thiol groups is 1. The summed E-state index contributed by atoms with van der Waals surface area (Å²) >= 11 is 4.08. The molecule has 0 N–H and O–H groups in total. The molecule has 0 spiro atoms. The Labute approximate surface area is 114 Å². The first-order chi connectivity index (χ1) is 8.50. The van der Waals surface area contributed by atoms with E-state index in [4.69, 9.17) is 0 Å². The van der Waals surface area contributed by atoms with Gasteiger partial charge in [0.15, 0.2) is 0 Å². The van der Waals surface area contributed by atoms with E-state index in [0.717, 1.165) is 11.1 Å². The molecule has 94 valence electrons. The second kappa shape index (κ2) is 5.24. The largest absolute Gasteiger partial charge is 0.255 e. The van der Waals surface area contributed by atoms with Crippen molar-refractivity contribution in [3.63, 3.8) is 0 Å². The fourth-order valence-electron chi connectivity index (χ4n) is 1.80. The van der Waals surface area contributed by atoms with Gasteiger partial charge in [-0.15, -0.1) is 12.6 Å². The van der Waals surface area contributed by atoms with Crippen molar-refractivity contribution in [1.29, 1.82) is 0 Å². The summed E-state index contributed by atoms with van der Waals surface area (Å²) in [5.74, 6) is -0.344. The molecule has 0 aliphatic rings. The molecule has 0 saturated carbocycles. The van der Waals surface area contributed by atoms with Gasteiger partial charge in [-0.2, -0.15) is 0 Å². The first kappa shape index (κ1) is 13.3. The van der Waals surface area contributed by atoms with Crippen LogP contribution in [0.3, 0.4) is 0 Å². The molecule has 0 aliphatic carbocycles. The van der Waals surface area contributed by atoms with E-state index in [0.29, 0.717) is 15.4 Å². The monoisotopic (exact) mass is 280 g/mol. The van der Waals surface area contributed by atoms with Gasteiger partial charge in [0.1, 0.15) is 5.82 Å². The quantitative estimate of drug-likeness (QED) is 0.827. The average Bonchev–Trinajstić information content (AvgIpc) is 2.33. The highest BCUT2D eigenvalue weighted by Gasteiger charge is 2.11. The highest BCUT2D eigenvalue weighted by atomic mass is 32.2. The lowest BCUT2D eigenvalue weighted by molar-refractivity contribution is 0.606. The van der Waals surface area contributed by atoms with Gasteiger partial charge in [0, 0.05) is 32.4 Å². The molecule has 0 bridgehead atoms. The van der Waals surface area contributed by atoms with Crippen LogP contribution >= 0.6 is 12.6 Å². The lowest BCUT2D eigenvalue weighted by Gasteiger charge is -2.10. The molecule has 1 unspecified atom stereocenters. The van der Waals surface area contributed by atoms with E-state index in [1.807, 2.05) is 13.0 Å². The molecule has 18 heavy (non-hydrogen) atoms. The number of benzene rings is 2. The number of aryl methyl sites for hydroxylation is 1. The zero-order valence-corrected chi connectivity index (χ0v) is 11.8. The number of rotatable bonds is 2. The van der Waals surface area contributed by atoms with Crippen molar-refractivity contribution in [2.24, 2.45) is 0 Å². The van der Waals surface area contributed by atoms with Crippen LogP contribution in [0.1, 0.15) is 5.56 Å². The molecule has 2 aromatic rings. The van der Waals surface area contributed by atoms with Crippen LogP contribution in [0.5, 0.6) is 0 Å². The van der Waals surface area contributed by atoms with E-state index in [1.54, 1.807) is 36.6 Å². The van der Waals surface area contributed by atoms with Gasteiger partial charge in [0.25, 0.3) is 0 Å². The van der Waals surface area contributed by atoms with Crippen molar-refractivity contribution in [1.82, 2.24) is 0 Å². The molecule has 0 saturated heterocycles. The maximum absolute atomic E-state index is 14.0. The molecule has 0 amide bonds. The third-order valence-corrected chi connectivity index (χ3v) is 4.07. The molecule has 0 radical (unpaired) electrons. The van der Waals surface area contributed by atoms with Gasteiger partial charge in [-0.25, -0.2) is 4.39 Å². The minimum atomic E-state index is -1.07. The zero-order valence-electron chi connectivity index (χ0n) is 10.1. The van der Waals surface area contributed by atoms with Gasteiger partial charge < -0.3 is 0 Å². The summed E-state index contributed by atoms with van der Waals surface area (Å²) in [5, 5.41) is 0. The van der Waals surface area contributed by atoms with Gasteiger partial charge in [-0.3, -0.25) is 4.21 Å². The van der Waals surface area contributed by atoms with E-state index in [2.05, 4.69) is 12.6 Å². The Kier molecular flexibility index (Phi) is 3.88. The molecule has 0 heterocycles. The topological polar surface area (TPSA) is 17.1 Å². The third-order valence-electron chi connectivity index (χ3n) is 2.81. The normalized spacial score (nSPS) is 12.4. The summed E-state index contributed by atoms with van der Waals surface area (Å²) in [6.07, 6.45) is 1.61. The van der Waals surface area contributed by atoms with Crippen LogP contribution in [0.4, 0.5) is 4.39 Å². The summed E-state index contributed by atoms with van der Waals surface area (Å²) < 4.78 is 25.5. The Morgan fingerprint density at radius 2 is 1.89 bits per heavy atom. The van der Waals surface area contributed by atoms with E-state index >= 15 is 0 Å². The summed E-state index contributed by atoms with van der Waals surface area (Å²) in [4.78, 5) is 1.01. The molecule has 2 aromatic carbocycles. The Hall–Kier alpha value is -1.13. The molecule has 1 atom stereocenters. The van der Waals surface area contributed by atoms with Crippen LogP contribution in [-0.2, 0) is 10.8 Å². The smallest absolute Gasteiger partial charge is 0.144 e. The van der Waals surface area contributed by atoms with Crippen LogP contribution in [-0.4, -0.2) is 10.5 Å². The first-order valence-electron chi connectivity index (χ1n) is 5.42. The fraction of sp³-hybridized carbons (Fsp3) is 0.143. The maximum atomic E-state index is 14.0. The van der Waals surface area contributed by atoms with Gasteiger partial charge >= 0.3 is 0 Å². The molecular formula is C14H13FOS2. The van der Waals surface area contributed by atoms with Crippen LogP contribution in [0, 0.1) is 12.7 Å². The highest BCUT2D eigenvalue weighted by Crippen LogP contribution is 2.30. The Morgan fingerprint density at radius 3 is 2.56 bits per heavy atom. The van der Waals surface area contributed by atoms with E-state index in [-0.39, 0.29) is 5.82 Å². The molecule has 0 aromatic heterocycles. The van der Waals surface area contributed by atoms with E-state index in [1.165, 1.54) is 0 Å². The summed E-state index contributed by atoms with van der Waals surface area (Å²) in [6, 6.07) is 10.5. The lowest BCUT2D eigenvalue weighted by Crippen LogP contribution is -1.93. The van der Waals surface area contributed by atoms with Crippen LogP contribution in [0.2, 0.25) is 0 Å². The standard InChI is InChI=1S/C14H13FOS2/c1-9-6-7-10(18(2)16)8-12(9)11-4-3-5-13(17)14(11)15/h3-8,17H,1-2H3. The average molecular weight is 280 g/mol. The molecule has 4 heteroatoms. The number of hydrogen-bond donors (Lipinski definition) is 1. The lowest BCUT2D eigenvalue weighted by atomic mass is 10.0. The Bertz CT molecular complexity index is 623. The predicted octanol–water partition coefficient (Wildman–Crippen LogP) is 3.83. The van der Waals surface area contributed by atoms with Gasteiger partial charge in [0.2, 0.25) is 0 Å². The first-order valence-corrected chi connectivity index (χ1v) is 7.43.